The van der Waals surface area contributed by atoms with E-state index in [2.05, 4.69) is 135 Å². The van der Waals surface area contributed by atoms with Gasteiger partial charge in [0.2, 0.25) is 0 Å². The second-order valence-corrected chi connectivity index (χ2v) is 11.0. The van der Waals surface area contributed by atoms with Gasteiger partial charge in [0.25, 0.3) is 0 Å². The van der Waals surface area contributed by atoms with E-state index in [1.165, 1.54) is 76.5 Å². The molecule has 1 aliphatic rings. The molecule has 0 amide bonds. The predicted molar refractivity (Wildman–Crippen MR) is 159 cm³/mol. The lowest BCUT2D eigenvalue weighted by Crippen LogP contribution is -2.23. The third kappa shape index (κ3) is 2.84. The van der Waals surface area contributed by atoms with Crippen molar-refractivity contribution in [2.45, 2.75) is 19.3 Å². The average molecular weight is 471 g/mol. The molecular weight excluding hydrogens is 444 g/mol. The Kier molecular flexibility index (Phi) is 4.10. The summed E-state index contributed by atoms with van der Waals surface area (Å²) in [4.78, 5) is 0. The van der Waals surface area contributed by atoms with Crippen molar-refractivity contribution in [1.82, 2.24) is 0 Å². The normalized spacial score (nSPS) is 13.9. The molecule has 0 aromatic heterocycles. The number of benzene rings is 7. The zero-order valence-electron chi connectivity index (χ0n) is 21.0. The van der Waals surface area contributed by atoms with E-state index in [0.717, 1.165) is 0 Å². The minimum Gasteiger partial charge on any atom is -0.0616 e. The molecule has 7 aromatic carbocycles. The van der Waals surface area contributed by atoms with Gasteiger partial charge in [-0.05, 0) is 94.7 Å². The maximum Gasteiger partial charge on any atom is 0.0159 e. The topological polar surface area (TPSA) is 0 Å². The van der Waals surface area contributed by atoms with Crippen LogP contribution in [-0.4, -0.2) is 0 Å². The number of rotatable bonds is 1. The van der Waals surface area contributed by atoms with Gasteiger partial charge in [0.15, 0.2) is 0 Å². The van der Waals surface area contributed by atoms with Crippen molar-refractivity contribution < 1.29 is 0 Å². The summed E-state index contributed by atoms with van der Waals surface area (Å²) in [5.41, 5.74) is 8.05. The van der Waals surface area contributed by atoms with Crippen molar-refractivity contribution in [2.24, 2.45) is 0 Å². The summed E-state index contributed by atoms with van der Waals surface area (Å²) >= 11 is 0. The van der Waals surface area contributed by atoms with Crippen LogP contribution in [0.5, 0.6) is 0 Å². The van der Waals surface area contributed by atoms with E-state index >= 15 is 0 Å². The molecular formula is C37H26. The molecule has 174 valence electrons. The van der Waals surface area contributed by atoms with Crippen LogP contribution in [0.15, 0.2) is 121 Å². The summed E-state index contributed by atoms with van der Waals surface area (Å²) in [5, 5.41) is 10.5. The van der Waals surface area contributed by atoms with Crippen LogP contribution in [-0.2, 0) is 5.41 Å². The molecule has 0 unspecified atom stereocenters. The minimum atomic E-state index is -0.0439. The summed E-state index contributed by atoms with van der Waals surface area (Å²) in [5.74, 6) is 0. The molecule has 0 spiro atoms. The van der Waals surface area contributed by atoms with Crippen LogP contribution in [0.25, 0.3) is 65.3 Å². The average Bonchev–Trinajstić information content (AvgIpc) is 2.94. The Balaban J connectivity index is 1.40. The monoisotopic (exact) mass is 470 g/mol. The van der Waals surface area contributed by atoms with Gasteiger partial charge in [-0.3, -0.25) is 0 Å². The molecule has 7 aromatic rings. The van der Waals surface area contributed by atoms with E-state index in [1.807, 2.05) is 0 Å². The van der Waals surface area contributed by atoms with Crippen LogP contribution in [0.4, 0.5) is 0 Å². The van der Waals surface area contributed by atoms with Gasteiger partial charge in [-0.25, -0.2) is 0 Å². The van der Waals surface area contributed by atoms with Crippen LogP contribution in [0.3, 0.4) is 0 Å². The maximum absolute atomic E-state index is 2.43. The van der Waals surface area contributed by atoms with Gasteiger partial charge in [0.05, 0.1) is 0 Å². The van der Waals surface area contributed by atoms with Crippen molar-refractivity contribution in [1.29, 1.82) is 0 Å². The smallest absolute Gasteiger partial charge is 0.0159 e. The van der Waals surface area contributed by atoms with Gasteiger partial charge >= 0.3 is 0 Å². The van der Waals surface area contributed by atoms with Crippen molar-refractivity contribution >= 4 is 43.1 Å². The third-order valence-corrected chi connectivity index (χ3v) is 8.62. The Labute approximate surface area is 216 Å². The van der Waals surface area contributed by atoms with E-state index in [-0.39, 0.29) is 5.41 Å². The maximum atomic E-state index is 2.43. The highest BCUT2D eigenvalue weighted by atomic mass is 14.4. The second kappa shape index (κ2) is 7.31. The molecule has 0 saturated heterocycles. The molecule has 0 fully saturated rings. The quantitative estimate of drug-likeness (QED) is 0.165. The molecule has 0 saturated carbocycles. The molecule has 0 heterocycles. The fourth-order valence-corrected chi connectivity index (χ4v) is 6.74. The highest BCUT2D eigenvalue weighted by molar-refractivity contribution is 6.14. The summed E-state index contributed by atoms with van der Waals surface area (Å²) in [6, 6.07) is 45.3. The Bertz CT molecular complexity index is 2050. The van der Waals surface area contributed by atoms with E-state index in [9.17, 15) is 0 Å². The van der Waals surface area contributed by atoms with Gasteiger partial charge in [-0.2, -0.15) is 0 Å². The molecule has 8 rings (SSSR count). The predicted octanol–water partition coefficient (Wildman–Crippen LogP) is 10.3. The lowest BCUT2D eigenvalue weighted by Gasteiger charge is -2.35. The Morgan fingerprint density at radius 2 is 1.08 bits per heavy atom. The largest absolute Gasteiger partial charge is 0.0616 e. The minimum absolute atomic E-state index is 0.0439. The third-order valence-electron chi connectivity index (χ3n) is 8.62. The van der Waals surface area contributed by atoms with Crippen LogP contribution in [0, 0.1) is 0 Å². The van der Waals surface area contributed by atoms with Crippen LogP contribution >= 0.6 is 0 Å². The highest BCUT2D eigenvalue weighted by Gasteiger charge is 2.33. The fourth-order valence-electron chi connectivity index (χ4n) is 6.74. The molecule has 0 heteroatoms. The van der Waals surface area contributed by atoms with Gasteiger partial charge in [0, 0.05) is 5.41 Å². The summed E-state index contributed by atoms with van der Waals surface area (Å²) in [6.07, 6.45) is 0. The molecule has 0 atom stereocenters. The Morgan fingerprint density at radius 1 is 0.405 bits per heavy atom. The zero-order chi connectivity index (χ0) is 24.7. The van der Waals surface area contributed by atoms with Gasteiger partial charge in [-0.15, -0.1) is 0 Å². The zero-order valence-corrected chi connectivity index (χ0v) is 21.0. The SMILES string of the molecule is CC1(C)c2ccc(-c3cccc4cc5c(ccc6ccccc65)cc34)cc2-c2cccc3cccc1c23. The van der Waals surface area contributed by atoms with E-state index in [1.54, 1.807) is 0 Å². The fraction of sp³-hybridized carbons (Fsp3) is 0.0811. The number of hydrogen-bond donors (Lipinski definition) is 0. The molecule has 0 radical (unpaired) electrons. The standard InChI is InChI=1S/C37H26/c1-37(2)34-19-18-26(22-33(34)30-14-5-9-24-10-7-15-35(37)36(24)30)29-13-6-11-25-20-32-27(21-31(25)29)17-16-23-8-3-4-12-28(23)32/h3-22H,1-2H3. The van der Waals surface area contributed by atoms with E-state index in [4.69, 9.17) is 0 Å². The first-order chi connectivity index (χ1) is 18.1. The molecule has 0 bridgehead atoms. The van der Waals surface area contributed by atoms with E-state index in [0.29, 0.717) is 0 Å². The Morgan fingerprint density at radius 3 is 1.97 bits per heavy atom. The first-order valence-corrected chi connectivity index (χ1v) is 13.1. The molecule has 0 N–H and O–H groups in total. The van der Waals surface area contributed by atoms with Crippen molar-refractivity contribution in [3.8, 4) is 22.3 Å². The van der Waals surface area contributed by atoms with Crippen LogP contribution in [0.1, 0.15) is 25.0 Å². The van der Waals surface area contributed by atoms with Crippen molar-refractivity contribution in [3.63, 3.8) is 0 Å². The Hall–Kier alpha value is -4.42. The van der Waals surface area contributed by atoms with E-state index < -0.39 is 0 Å². The molecule has 0 aliphatic heterocycles. The summed E-state index contributed by atoms with van der Waals surface area (Å²) in [6.45, 7) is 4.73. The first kappa shape index (κ1) is 20.7. The summed E-state index contributed by atoms with van der Waals surface area (Å²) < 4.78 is 0. The molecule has 0 nitrogen and oxygen atoms in total. The molecule has 37 heavy (non-hydrogen) atoms. The lowest BCUT2D eigenvalue weighted by molar-refractivity contribution is 0.645. The van der Waals surface area contributed by atoms with Crippen molar-refractivity contribution in [3.05, 3.63) is 132 Å². The highest BCUT2D eigenvalue weighted by Crippen LogP contribution is 2.49. The van der Waals surface area contributed by atoms with Gasteiger partial charge in [0.1, 0.15) is 0 Å². The second-order valence-electron chi connectivity index (χ2n) is 11.0. The van der Waals surface area contributed by atoms with Gasteiger partial charge in [-0.1, -0.05) is 117 Å². The number of hydrogen-bond acceptors (Lipinski definition) is 0. The lowest BCUT2D eigenvalue weighted by atomic mass is 9.68. The van der Waals surface area contributed by atoms with Crippen LogP contribution in [0.2, 0.25) is 0 Å². The summed E-state index contributed by atoms with van der Waals surface area (Å²) in [7, 11) is 0. The first-order valence-electron chi connectivity index (χ1n) is 13.1. The van der Waals surface area contributed by atoms with Crippen molar-refractivity contribution in [2.75, 3.05) is 0 Å². The van der Waals surface area contributed by atoms with Crippen LogP contribution < -0.4 is 0 Å². The number of fused-ring (bicyclic) bond motifs is 6. The molecule has 1 aliphatic carbocycles. The van der Waals surface area contributed by atoms with Gasteiger partial charge < -0.3 is 0 Å².